The van der Waals surface area contributed by atoms with E-state index in [1.54, 1.807) is 11.1 Å². The van der Waals surface area contributed by atoms with E-state index in [9.17, 15) is 9.59 Å². The molecule has 0 heterocycles. The first-order chi connectivity index (χ1) is 8.75. The van der Waals surface area contributed by atoms with Crippen LogP contribution in [0.5, 0.6) is 0 Å². The SMILES string of the molecule is O=C1CC(=O)[C@H]2[C@@H]1[C@H]1C[C@H]2C2=C1[C@H]1C=C[C@H]2CC1. The maximum Gasteiger partial charge on any atom is 0.144 e. The van der Waals surface area contributed by atoms with Crippen LogP contribution in [0.2, 0.25) is 0 Å². The lowest BCUT2D eigenvalue weighted by atomic mass is 9.63. The van der Waals surface area contributed by atoms with Gasteiger partial charge >= 0.3 is 0 Å². The molecule has 92 valence electrons. The quantitative estimate of drug-likeness (QED) is 0.481. The van der Waals surface area contributed by atoms with Crippen LogP contribution in [0.15, 0.2) is 23.3 Å². The Kier molecular flexibility index (Phi) is 1.55. The molecule has 2 nitrogen and oxygen atoms in total. The lowest BCUT2D eigenvalue weighted by molar-refractivity contribution is -0.123. The summed E-state index contributed by atoms with van der Waals surface area (Å²) < 4.78 is 0. The Morgan fingerprint density at radius 2 is 1.33 bits per heavy atom. The third-order valence-electron chi connectivity index (χ3n) is 6.15. The molecule has 2 saturated carbocycles. The molecule has 0 aromatic rings. The van der Waals surface area contributed by atoms with Crippen LogP contribution in [0.1, 0.15) is 25.7 Å². The van der Waals surface area contributed by atoms with Gasteiger partial charge in [-0.25, -0.2) is 0 Å². The number of hydrogen-bond donors (Lipinski definition) is 0. The van der Waals surface area contributed by atoms with Crippen molar-refractivity contribution in [2.24, 2.45) is 35.5 Å². The number of Topliss-reactive ketones (excluding diaryl/α,β-unsaturated/α-hetero) is 2. The van der Waals surface area contributed by atoms with Crippen molar-refractivity contribution < 1.29 is 9.59 Å². The molecule has 0 aliphatic heterocycles. The molecule has 6 aliphatic rings. The van der Waals surface area contributed by atoms with Crippen LogP contribution >= 0.6 is 0 Å². The van der Waals surface area contributed by atoms with Crippen LogP contribution in [-0.2, 0) is 9.59 Å². The molecule has 0 saturated heterocycles. The summed E-state index contributed by atoms with van der Waals surface area (Å²) in [6.07, 6.45) is 8.59. The zero-order chi connectivity index (χ0) is 12.0. The molecule has 4 bridgehead atoms. The van der Waals surface area contributed by atoms with Gasteiger partial charge in [-0.15, -0.1) is 0 Å². The molecule has 0 radical (unpaired) electrons. The van der Waals surface area contributed by atoms with Crippen LogP contribution in [-0.4, -0.2) is 11.6 Å². The molecule has 18 heavy (non-hydrogen) atoms. The number of hydrogen-bond acceptors (Lipinski definition) is 2. The second kappa shape index (κ2) is 2.87. The fourth-order valence-electron chi connectivity index (χ4n) is 5.71. The van der Waals surface area contributed by atoms with Crippen molar-refractivity contribution >= 4 is 11.6 Å². The van der Waals surface area contributed by atoms with Gasteiger partial charge < -0.3 is 0 Å². The highest BCUT2D eigenvalue weighted by Gasteiger charge is 2.62. The summed E-state index contributed by atoms with van der Waals surface area (Å²) in [5, 5.41) is 0. The van der Waals surface area contributed by atoms with E-state index in [1.807, 2.05) is 0 Å². The number of carbonyl (C=O) groups excluding carboxylic acids is 2. The van der Waals surface area contributed by atoms with E-state index in [1.165, 1.54) is 12.8 Å². The van der Waals surface area contributed by atoms with Gasteiger partial charge in [0.05, 0.1) is 6.42 Å². The average molecular weight is 240 g/mol. The van der Waals surface area contributed by atoms with E-state index in [0.717, 1.165) is 6.42 Å². The Hall–Kier alpha value is -1.18. The van der Waals surface area contributed by atoms with E-state index in [4.69, 9.17) is 0 Å². The van der Waals surface area contributed by atoms with Crippen molar-refractivity contribution in [3.63, 3.8) is 0 Å². The van der Waals surface area contributed by atoms with Crippen LogP contribution in [0.25, 0.3) is 0 Å². The first kappa shape index (κ1) is 9.71. The summed E-state index contributed by atoms with van der Waals surface area (Å²) in [6, 6.07) is 0. The molecule has 2 heteroatoms. The lowest BCUT2D eigenvalue weighted by Crippen LogP contribution is -2.35. The topological polar surface area (TPSA) is 34.1 Å². The fraction of sp³-hybridized carbons (Fsp3) is 0.625. The van der Waals surface area contributed by atoms with E-state index in [2.05, 4.69) is 12.2 Å². The Balaban J connectivity index is 1.69. The fourth-order valence-corrected chi connectivity index (χ4v) is 5.71. The number of ketones is 2. The summed E-state index contributed by atoms with van der Waals surface area (Å²) in [5.74, 6) is 2.72. The van der Waals surface area contributed by atoms with E-state index in [-0.39, 0.29) is 29.8 Å². The van der Waals surface area contributed by atoms with E-state index in [0.29, 0.717) is 23.7 Å². The summed E-state index contributed by atoms with van der Waals surface area (Å²) >= 11 is 0. The number of allylic oxidation sites excluding steroid dienone is 4. The molecular formula is C16H16O2. The van der Waals surface area contributed by atoms with Crippen LogP contribution in [0.4, 0.5) is 0 Å². The molecule has 0 aromatic carbocycles. The van der Waals surface area contributed by atoms with Crippen molar-refractivity contribution in [2.75, 3.05) is 0 Å². The van der Waals surface area contributed by atoms with Gasteiger partial charge in [0.1, 0.15) is 11.6 Å². The predicted molar refractivity (Wildman–Crippen MR) is 65.6 cm³/mol. The normalized spacial score (nSPS) is 51.3. The molecule has 2 fully saturated rings. The Morgan fingerprint density at radius 1 is 0.833 bits per heavy atom. The summed E-state index contributed by atoms with van der Waals surface area (Å²) in [6.45, 7) is 0. The Labute approximate surface area is 106 Å². The van der Waals surface area contributed by atoms with Crippen LogP contribution in [0, 0.1) is 35.5 Å². The minimum atomic E-state index is 0.0778. The van der Waals surface area contributed by atoms with Gasteiger partial charge in [0, 0.05) is 11.8 Å². The van der Waals surface area contributed by atoms with Gasteiger partial charge in [-0.05, 0) is 42.9 Å². The van der Waals surface area contributed by atoms with Gasteiger partial charge in [-0.1, -0.05) is 23.3 Å². The van der Waals surface area contributed by atoms with Crippen molar-refractivity contribution in [1.82, 2.24) is 0 Å². The van der Waals surface area contributed by atoms with Crippen LogP contribution < -0.4 is 0 Å². The first-order valence-corrected chi connectivity index (χ1v) is 7.23. The van der Waals surface area contributed by atoms with Gasteiger partial charge in [-0.3, -0.25) is 9.59 Å². The van der Waals surface area contributed by atoms with E-state index < -0.39 is 0 Å². The van der Waals surface area contributed by atoms with Gasteiger partial charge in [-0.2, -0.15) is 0 Å². The zero-order valence-electron chi connectivity index (χ0n) is 10.3. The molecule has 0 N–H and O–H groups in total. The van der Waals surface area contributed by atoms with Crippen LogP contribution in [0.3, 0.4) is 0 Å². The molecule has 6 atom stereocenters. The Bertz CT molecular complexity index is 507. The first-order valence-electron chi connectivity index (χ1n) is 7.23. The highest BCUT2D eigenvalue weighted by Crippen LogP contribution is 2.65. The largest absolute Gasteiger partial charge is 0.299 e. The number of rotatable bonds is 0. The third-order valence-corrected chi connectivity index (χ3v) is 6.15. The zero-order valence-corrected chi connectivity index (χ0v) is 10.3. The van der Waals surface area contributed by atoms with Crippen molar-refractivity contribution in [1.29, 1.82) is 0 Å². The molecule has 0 aromatic heterocycles. The molecule has 0 spiro atoms. The minimum Gasteiger partial charge on any atom is -0.299 e. The van der Waals surface area contributed by atoms with Gasteiger partial charge in [0.2, 0.25) is 0 Å². The smallest absolute Gasteiger partial charge is 0.144 e. The summed E-state index contributed by atoms with van der Waals surface area (Å²) in [7, 11) is 0. The molecule has 6 aliphatic carbocycles. The summed E-state index contributed by atoms with van der Waals surface area (Å²) in [4.78, 5) is 24.2. The molecule has 0 unspecified atom stereocenters. The molecular weight excluding hydrogens is 224 g/mol. The highest BCUT2D eigenvalue weighted by molar-refractivity contribution is 6.10. The standard InChI is InChI=1S/C16H16O2/c17-11-6-12(18)16-10-5-9(15(11)16)13-7-1-2-8(4-3-7)14(10)13/h1-2,7-10,15-16H,3-6H2/t7-,8-,9-,10-,15-,16+/m0/s1. The average Bonchev–Trinajstić information content (AvgIpc) is 3.03. The second-order valence-corrected chi connectivity index (χ2v) is 6.70. The lowest BCUT2D eigenvalue weighted by Gasteiger charge is -2.41. The highest BCUT2D eigenvalue weighted by atomic mass is 16.2. The maximum absolute atomic E-state index is 12.1. The van der Waals surface area contributed by atoms with Gasteiger partial charge in [0.15, 0.2) is 0 Å². The van der Waals surface area contributed by atoms with Gasteiger partial charge in [0.25, 0.3) is 0 Å². The summed E-state index contributed by atoms with van der Waals surface area (Å²) in [5.41, 5.74) is 3.20. The predicted octanol–water partition coefficient (Wildman–Crippen LogP) is 2.30. The molecule has 0 amide bonds. The monoisotopic (exact) mass is 240 g/mol. The number of fused-ring (bicyclic) bond motifs is 6. The van der Waals surface area contributed by atoms with Crippen molar-refractivity contribution in [3.8, 4) is 0 Å². The molecule has 6 rings (SSSR count). The number of carbonyl (C=O) groups is 2. The third kappa shape index (κ3) is 0.877. The van der Waals surface area contributed by atoms with Crippen molar-refractivity contribution in [2.45, 2.75) is 25.7 Å². The van der Waals surface area contributed by atoms with Crippen molar-refractivity contribution in [3.05, 3.63) is 23.3 Å². The van der Waals surface area contributed by atoms with E-state index >= 15 is 0 Å². The Morgan fingerprint density at radius 3 is 1.78 bits per heavy atom. The maximum atomic E-state index is 12.1. The minimum absolute atomic E-state index is 0.0778. The second-order valence-electron chi connectivity index (χ2n) is 6.70.